The molecule has 0 spiro atoms. The number of H-pyrrole nitrogens is 1. The van der Waals surface area contributed by atoms with Crippen molar-refractivity contribution >= 4 is 11.8 Å². The minimum Gasteiger partial charge on any atom is -0.481 e. The lowest BCUT2D eigenvalue weighted by atomic mass is 9.85. The summed E-state index contributed by atoms with van der Waals surface area (Å²) in [6, 6.07) is -0.365. The van der Waals surface area contributed by atoms with Gasteiger partial charge in [-0.3, -0.25) is 9.59 Å². The molecule has 1 aromatic heterocycles. The zero-order chi connectivity index (χ0) is 13.1. The van der Waals surface area contributed by atoms with Crippen LogP contribution >= 0.6 is 0 Å². The summed E-state index contributed by atoms with van der Waals surface area (Å²) < 4.78 is 0. The zero-order valence-electron chi connectivity index (χ0n) is 10.2. The van der Waals surface area contributed by atoms with Crippen molar-refractivity contribution in [1.82, 2.24) is 9.97 Å². The molecule has 6 heteroatoms. The number of carboxylic acid groups (broad SMARTS) is 1. The predicted molar refractivity (Wildman–Crippen MR) is 64.0 cm³/mol. The number of rotatable bonds is 4. The van der Waals surface area contributed by atoms with Gasteiger partial charge in [-0.05, 0) is 5.41 Å². The third kappa shape index (κ3) is 3.90. The first-order valence-electron chi connectivity index (χ1n) is 5.32. The van der Waals surface area contributed by atoms with Crippen molar-refractivity contribution in [2.45, 2.75) is 33.2 Å². The number of hydrogen-bond acceptors (Lipinski definition) is 4. The molecule has 0 amide bonds. The molecular formula is C11H17N3O3. The van der Waals surface area contributed by atoms with E-state index in [-0.39, 0.29) is 29.3 Å². The van der Waals surface area contributed by atoms with E-state index < -0.39 is 5.97 Å². The SMILES string of the molecule is CC(C)(C)C(CC(=O)O)Nc1ncc[nH]c1=O. The molecular weight excluding hydrogens is 222 g/mol. The summed E-state index contributed by atoms with van der Waals surface area (Å²) in [5.41, 5.74) is -0.644. The molecule has 0 saturated heterocycles. The van der Waals surface area contributed by atoms with Crippen molar-refractivity contribution < 1.29 is 9.90 Å². The van der Waals surface area contributed by atoms with Crippen LogP contribution in [0.15, 0.2) is 17.2 Å². The second-order valence-electron chi connectivity index (χ2n) is 4.93. The fourth-order valence-corrected chi connectivity index (χ4v) is 1.37. The molecule has 0 bridgehead atoms. The minimum atomic E-state index is -0.912. The van der Waals surface area contributed by atoms with Crippen LogP contribution in [0.25, 0.3) is 0 Å². The van der Waals surface area contributed by atoms with Gasteiger partial charge in [-0.15, -0.1) is 0 Å². The summed E-state index contributed by atoms with van der Waals surface area (Å²) in [4.78, 5) is 28.6. The maximum absolute atomic E-state index is 11.4. The number of nitrogens with zero attached hydrogens (tertiary/aromatic N) is 1. The van der Waals surface area contributed by atoms with Crippen LogP contribution in [0.3, 0.4) is 0 Å². The average molecular weight is 239 g/mol. The molecule has 0 fully saturated rings. The zero-order valence-corrected chi connectivity index (χ0v) is 10.2. The normalized spacial score (nSPS) is 13.1. The average Bonchev–Trinajstić information content (AvgIpc) is 2.18. The maximum Gasteiger partial charge on any atom is 0.305 e. The van der Waals surface area contributed by atoms with Crippen LogP contribution in [0.4, 0.5) is 5.82 Å². The Hall–Kier alpha value is -1.85. The van der Waals surface area contributed by atoms with Gasteiger partial charge in [-0.1, -0.05) is 20.8 Å². The lowest BCUT2D eigenvalue weighted by molar-refractivity contribution is -0.137. The first-order valence-corrected chi connectivity index (χ1v) is 5.32. The summed E-state index contributed by atoms with van der Waals surface area (Å²) in [5.74, 6) is -0.765. The van der Waals surface area contributed by atoms with Gasteiger partial charge in [-0.25, -0.2) is 4.98 Å². The van der Waals surface area contributed by atoms with Crippen LogP contribution in [0.1, 0.15) is 27.2 Å². The first kappa shape index (κ1) is 13.2. The molecule has 1 unspecified atom stereocenters. The van der Waals surface area contributed by atoms with E-state index in [0.717, 1.165) is 0 Å². The number of carbonyl (C=O) groups is 1. The molecule has 1 rings (SSSR count). The molecule has 1 atom stereocenters. The first-order chi connectivity index (χ1) is 7.80. The van der Waals surface area contributed by atoms with Gasteiger partial charge in [0.25, 0.3) is 5.56 Å². The lowest BCUT2D eigenvalue weighted by Gasteiger charge is -2.30. The molecule has 3 N–H and O–H groups in total. The van der Waals surface area contributed by atoms with Crippen molar-refractivity contribution in [3.63, 3.8) is 0 Å². The number of aromatic nitrogens is 2. The van der Waals surface area contributed by atoms with Crippen LogP contribution in [0.2, 0.25) is 0 Å². The highest BCUT2D eigenvalue weighted by Gasteiger charge is 2.27. The van der Waals surface area contributed by atoms with Crippen LogP contribution in [0.5, 0.6) is 0 Å². The quantitative estimate of drug-likeness (QED) is 0.730. The molecule has 0 aromatic carbocycles. The topological polar surface area (TPSA) is 95.1 Å². The largest absolute Gasteiger partial charge is 0.481 e. The Kier molecular flexibility index (Phi) is 3.88. The van der Waals surface area contributed by atoms with Gasteiger partial charge in [0.1, 0.15) is 0 Å². The monoisotopic (exact) mass is 239 g/mol. The fraction of sp³-hybridized carbons (Fsp3) is 0.545. The van der Waals surface area contributed by atoms with E-state index in [2.05, 4.69) is 15.3 Å². The molecule has 17 heavy (non-hydrogen) atoms. The van der Waals surface area contributed by atoms with E-state index in [9.17, 15) is 9.59 Å². The van der Waals surface area contributed by atoms with Crippen LogP contribution < -0.4 is 10.9 Å². The third-order valence-electron chi connectivity index (χ3n) is 2.44. The second kappa shape index (κ2) is 4.99. The van der Waals surface area contributed by atoms with E-state index in [1.165, 1.54) is 12.4 Å². The van der Waals surface area contributed by atoms with E-state index >= 15 is 0 Å². The highest BCUT2D eigenvalue weighted by molar-refractivity contribution is 5.68. The van der Waals surface area contributed by atoms with Gasteiger partial charge in [-0.2, -0.15) is 0 Å². The molecule has 0 saturated carbocycles. The van der Waals surface area contributed by atoms with Gasteiger partial charge in [0.05, 0.1) is 6.42 Å². The Morgan fingerprint density at radius 1 is 1.59 bits per heavy atom. The molecule has 0 aliphatic rings. The number of aliphatic carboxylic acids is 1. The third-order valence-corrected chi connectivity index (χ3v) is 2.44. The van der Waals surface area contributed by atoms with Crippen LogP contribution in [-0.4, -0.2) is 27.1 Å². The van der Waals surface area contributed by atoms with Gasteiger partial charge in [0.15, 0.2) is 5.82 Å². The van der Waals surface area contributed by atoms with Crippen molar-refractivity contribution in [2.75, 3.05) is 5.32 Å². The molecule has 0 aliphatic carbocycles. The van der Waals surface area contributed by atoms with Gasteiger partial charge in [0, 0.05) is 18.4 Å². The van der Waals surface area contributed by atoms with Gasteiger partial charge >= 0.3 is 5.97 Å². The summed E-state index contributed by atoms with van der Waals surface area (Å²) in [6.07, 6.45) is 2.81. The summed E-state index contributed by atoms with van der Waals surface area (Å²) in [6.45, 7) is 5.72. The van der Waals surface area contributed by atoms with Crippen molar-refractivity contribution in [1.29, 1.82) is 0 Å². The van der Waals surface area contributed by atoms with Crippen LogP contribution in [-0.2, 0) is 4.79 Å². The van der Waals surface area contributed by atoms with Crippen molar-refractivity contribution in [3.8, 4) is 0 Å². The van der Waals surface area contributed by atoms with Gasteiger partial charge < -0.3 is 15.4 Å². The minimum absolute atomic E-state index is 0.0699. The summed E-state index contributed by atoms with van der Waals surface area (Å²) in [7, 11) is 0. The summed E-state index contributed by atoms with van der Waals surface area (Å²) >= 11 is 0. The number of nitrogens with one attached hydrogen (secondary N) is 2. The molecule has 94 valence electrons. The Labute approximate surface area is 99.1 Å². The molecule has 0 aliphatic heterocycles. The predicted octanol–water partition coefficient (Wildman–Crippen LogP) is 1.07. The lowest BCUT2D eigenvalue weighted by Crippen LogP contribution is -2.38. The number of aromatic amines is 1. The Morgan fingerprint density at radius 3 is 2.71 bits per heavy atom. The van der Waals surface area contributed by atoms with Gasteiger partial charge in [0.2, 0.25) is 0 Å². The second-order valence-corrected chi connectivity index (χ2v) is 4.93. The smallest absolute Gasteiger partial charge is 0.305 e. The number of carboxylic acids is 1. The van der Waals surface area contributed by atoms with E-state index in [0.29, 0.717) is 0 Å². The highest BCUT2D eigenvalue weighted by Crippen LogP contribution is 2.24. The standard InChI is InChI=1S/C11H17N3O3/c1-11(2,3)7(6-8(15)16)14-9-10(17)13-5-4-12-9/h4-5,7H,6H2,1-3H3,(H,12,14)(H,13,17)(H,15,16). The van der Waals surface area contributed by atoms with E-state index in [1.807, 2.05) is 20.8 Å². The van der Waals surface area contributed by atoms with Crippen LogP contribution in [0, 0.1) is 5.41 Å². The van der Waals surface area contributed by atoms with E-state index in [1.54, 1.807) is 0 Å². The maximum atomic E-state index is 11.4. The van der Waals surface area contributed by atoms with E-state index in [4.69, 9.17) is 5.11 Å². The molecule has 6 nitrogen and oxygen atoms in total. The van der Waals surface area contributed by atoms with Crippen molar-refractivity contribution in [2.24, 2.45) is 5.41 Å². The Balaban J connectivity index is 2.91. The summed E-state index contributed by atoms with van der Waals surface area (Å²) in [5, 5.41) is 11.7. The molecule has 0 radical (unpaired) electrons. The Bertz CT molecular complexity index is 448. The molecule has 1 aromatic rings. The Morgan fingerprint density at radius 2 is 2.24 bits per heavy atom. The fourth-order valence-electron chi connectivity index (χ4n) is 1.37. The highest BCUT2D eigenvalue weighted by atomic mass is 16.4. The molecule has 1 heterocycles. The number of hydrogen-bond donors (Lipinski definition) is 3. The van der Waals surface area contributed by atoms with Crippen molar-refractivity contribution in [3.05, 3.63) is 22.7 Å². The number of anilines is 1.